The maximum absolute atomic E-state index is 14.5. The van der Waals surface area contributed by atoms with Crippen LogP contribution in [0.1, 0.15) is 45.6 Å². The fraction of sp³-hybridized carbons (Fsp3) is 0.647. The van der Waals surface area contributed by atoms with E-state index in [9.17, 15) is 9.50 Å². The first-order valence-corrected chi connectivity index (χ1v) is 7.33. The minimum absolute atomic E-state index is 0.239. The van der Waals surface area contributed by atoms with Gasteiger partial charge < -0.3 is 9.84 Å². The summed E-state index contributed by atoms with van der Waals surface area (Å²) >= 11 is 0. The molecule has 2 fully saturated rings. The Balaban J connectivity index is 2.17. The van der Waals surface area contributed by atoms with Crippen LogP contribution in [0.3, 0.4) is 0 Å². The summed E-state index contributed by atoms with van der Waals surface area (Å²) < 4.78 is 19.6. The molecule has 0 aromatic heterocycles. The van der Waals surface area contributed by atoms with Crippen molar-refractivity contribution in [1.29, 1.82) is 0 Å². The van der Waals surface area contributed by atoms with Crippen LogP contribution in [-0.4, -0.2) is 12.2 Å². The summed E-state index contributed by atoms with van der Waals surface area (Å²) in [4.78, 5) is 0. The van der Waals surface area contributed by atoms with Crippen molar-refractivity contribution in [2.45, 2.75) is 45.6 Å². The minimum Gasteiger partial charge on any atom is -0.497 e. The van der Waals surface area contributed by atoms with E-state index >= 15 is 0 Å². The normalized spacial score (nSPS) is 38.2. The van der Waals surface area contributed by atoms with E-state index in [2.05, 4.69) is 20.8 Å². The van der Waals surface area contributed by atoms with E-state index < -0.39 is 5.60 Å². The minimum atomic E-state index is -1.11. The number of rotatable bonds is 2. The molecule has 1 N–H and O–H groups in total. The summed E-state index contributed by atoms with van der Waals surface area (Å²) in [7, 11) is 1.52. The Morgan fingerprint density at radius 2 is 2.00 bits per heavy atom. The van der Waals surface area contributed by atoms with Crippen LogP contribution < -0.4 is 4.74 Å². The third-order valence-electron chi connectivity index (χ3n) is 6.13. The van der Waals surface area contributed by atoms with E-state index in [4.69, 9.17) is 4.74 Å². The molecule has 2 aliphatic carbocycles. The molecule has 1 aromatic carbocycles. The van der Waals surface area contributed by atoms with E-state index in [-0.39, 0.29) is 16.6 Å². The predicted molar refractivity (Wildman–Crippen MR) is 76.1 cm³/mol. The first-order chi connectivity index (χ1) is 9.26. The molecule has 110 valence electrons. The van der Waals surface area contributed by atoms with Gasteiger partial charge in [0.15, 0.2) is 0 Å². The van der Waals surface area contributed by atoms with Gasteiger partial charge in [0, 0.05) is 22.5 Å². The number of fused-ring (bicyclic) bond motifs is 2. The Kier molecular flexibility index (Phi) is 2.75. The fourth-order valence-electron chi connectivity index (χ4n) is 4.85. The summed E-state index contributed by atoms with van der Waals surface area (Å²) in [5.74, 6) is 0.577. The molecule has 0 amide bonds. The van der Waals surface area contributed by atoms with Gasteiger partial charge in [0.25, 0.3) is 0 Å². The van der Waals surface area contributed by atoms with Crippen molar-refractivity contribution in [2.24, 2.45) is 16.7 Å². The van der Waals surface area contributed by atoms with Gasteiger partial charge in [0.2, 0.25) is 0 Å². The number of benzene rings is 1. The van der Waals surface area contributed by atoms with Crippen molar-refractivity contribution in [3.63, 3.8) is 0 Å². The van der Waals surface area contributed by atoms with Crippen molar-refractivity contribution in [2.75, 3.05) is 7.11 Å². The molecule has 2 aliphatic rings. The molecular formula is C17H23FO2. The van der Waals surface area contributed by atoms with E-state index in [1.807, 2.05) is 0 Å². The summed E-state index contributed by atoms with van der Waals surface area (Å²) in [6, 6.07) is 4.81. The smallest absolute Gasteiger partial charge is 0.133 e. The molecule has 0 radical (unpaired) electrons. The van der Waals surface area contributed by atoms with Gasteiger partial charge in [-0.2, -0.15) is 0 Å². The van der Waals surface area contributed by atoms with Crippen LogP contribution in [0.5, 0.6) is 5.75 Å². The molecule has 0 heterocycles. The van der Waals surface area contributed by atoms with Gasteiger partial charge in [-0.05, 0) is 37.3 Å². The quantitative estimate of drug-likeness (QED) is 0.890. The van der Waals surface area contributed by atoms with Crippen LogP contribution in [0.2, 0.25) is 0 Å². The monoisotopic (exact) mass is 278 g/mol. The fourth-order valence-corrected chi connectivity index (χ4v) is 4.85. The van der Waals surface area contributed by atoms with Gasteiger partial charge in [0.1, 0.15) is 17.2 Å². The first kappa shape index (κ1) is 13.9. The van der Waals surface area contributed by atoms with Crippen LogP contribution in [0.4, 0.5) is 4.39 Å². The van der Waals surface area contributed by atoms with Gasteiger partial charge in [-0.15, -0.1) is 0 Å². The van der Waals surface area contributed by atoms with Crippen LogP contribution in [0, 0.1) is 22.6 Å². The number of aliphatic hydroxyl groups is 1. The molecular weight excluding hydrogens is 255 g/mol. The second kappa shape index (κ2) is 3.97. The molecule has 3 rings (SSSR count). The average molecular weight is 278 g/mol. The standard InChI is InChI=1S/C17H23FO2/c1-15(2)11-7-8-16(3,10-11)17(15,19)13-6-5-12(20-4)9-14(13)18/h5-6,9,11,19H,7-8,10H2,1-4H3. The Morgan fingerprint density at radius 1 is 1.30 bits per heavy atom. The molecule has 3 heteroatoms. The lowest BCUT2D eigenvalue weighted by atomic mass is 9.57. The third kappa shape index (κ3) is 1.42. The highest BCUT2D eigenvalue weighted by molar-refractivity contribution is 5.38. The number of methoxy groups -OCH3 is 1. The molecule has 3 unspecified atom stereocenters. The van der Waals surface area contributed by atoms with Crippen LogP contribution in [0.25, 0.3) is 0 Å². The third-order valence-corrected chi connectivity index (χ3v) is 6.13. The number of ether oxygens (including phenoxy) is 1. The van der Waals surface area contributed by atoms with Gasteiger partial charge >= 0.3 is 0 Å². The van der Waals surface area contributed by atoms with Crippen LogP contribution in [-0.2, 0) is 5.60 Å². The van der Waals surface area contributed by atoms with Crippen molar-refractivity contribution in [3.05, 3.63) is 29.6 Å². The molecule has 0 aliphatic heterocycles. The second-order valence-corrected chi connectivity index (χ2v) is 7.28. The van der Waals surface area contributed by atoms with Gasteiger partial charge in [0.05, 0.1) is 7.11 Å². The second-order valence-electron chi connectivity index (χ2n) is 7.28. The average Bonchev–Trinajstić information content (AvgIpc) is 2.86. The molecule has 20 heavy (non-hydrogen) atoms. The zero-order valence-corrected chi connectivity index (χ0v) is 12.7. The highest BCUT2D eigenvalue weighted by Gasteiger charge is 2.69. The molecule has 3 atom stereocenters. The Bertz CT molecular complexity index is 547. The summed E-state index contributed by atoms with van der Waals surface area (Å²) in [5.41, 5.74) is -1.24. The van der Waals surface area contributed by atoms with Gasteiger partial charge in [-0.25, -0.2) is 4.39 Å². The van der Waals surface area contributed by atoms with Gasteiger partial charge in [-0.1, -0.05) is 20.8 Å². The van der Waals surface area contributed by atoms with E-state index in [1.54, 1.807) is 12.1 Å². The molecule has 0 spiro atoms. The van der Waals surface area contributed by atoms with Crippen LogP contribution in [0.15, 0.2) is 18.2 Å². The molecule has 2 saturated carbocycles. The highest BCUT2D eigenvalue weighted by Crippen LogP contribution is 2.71. The molecule has 2 bridgehead atoms. The van der Waals surface area contributed by atoms with Crippen molar-refractivity contribution in [3.8, 4) is 5.75 Å². The van der Waals surface area contributed by atoms with Gasteiger partial charge in [-0.3, -0.25) is 0 Å². The van der Waals surface area contributed by atoms with E-state index in [0.717, 1.165) is 19.3 Å². The topological polar surface area (TPSA) is 29.5 Å². The highest BCUT2D eigenvalue weighted by atomic mass is 19.1. The molecule has 1 aromatic rings. The Hall–Kier alpha value is -1.09. The SMILES string of the molecule is COc1ccc(C2(O)C3(C)CCC(C3)C2(C)C)c(F)c1. The zero-order valence-electron chi connectivity index (χ0n) is 12.7. The molecule has 0 saturated heterocycles. The van der Waals surface area contributed by atoms with Crippen LogP contribution >= 0.6 is 0 Å². The first-order valence-electron chi connectivity index (χ1n) is 7.33. The van der Waals surface area contributed by atoms with Crippen molar-refractivity contribution in [1.82, 2.24) is 0 Å². The summed E-state index contributed by atoms with van der Waals surface area (Å²) in [6.45, 7) is 6.25. The summed E-state index contributed by atoms with van der Waals surface area (Å²) in [5, 5.41) is 11.5. The predicted octanol–water partition coefficient (Wildman–Crippen LogP) is 3.87. The summed E-state index contributed by atoms with van der Waals surface area (Å²) in [6.07, 6.45) is 3.06. The number of hydrogen-bond acceptors (Lipinski definition) is 2. The number of hydrogen-bond donors (Lipinski definition) is 1. The Morgan fingerprint density at radius 3 is 2.50 bits per heavy atom. The van der Waals surface area contributed by atoms with Crippen molar-refractivity contribution < 1.29 is 14.2 Å². The van der Waals surface area contributed by atoms with E-state index in [0.29, 0.717) is 17.2 Å². The maximum Gasteiger partial charge on any atom is 0.133 e. The van der Waals surface area contributed by atoms with E-state index in [1.165, 1.54) is 13.2 Å². The number of halogens is 1. The zero-order chi connectivity index (χ0) is 14.8. The largest absolute Gasteiger partial charge is 0.497 e. The lowest BCUT2D eigenvalue weighted by Gasteiger charge is -2.51. The molecule has 2 nitrogen and oxygen atoms in total. The lowest BCUT2D eigenvalue weighted by molar-refractivity contribution is -0.152. The van der Waals surface area contributed by atoms with Crippen molar-refractivity contribution >= 4 is 0 Å². The maximum atomic E-state index is 14.5. The lowest BCUT2D eigenvalue weighted by Crippen LogP contribution is -2.51. The Labute approximate surface area is 120 Å².